The monoisotopic (exact) mass is 833 g/mol. The lowest BCUT2D eigenvalue weighted by Gasteiger charge is -2.27. The molecule has 0 bridgehead atoms. The second-order valence-electron chi connectivity index (χ2n) is 16.7. The normalized spacial score (nSPS) is 11.2. The maximum absolute atomic E-state index is 2.40. The highest BCUT2D eigenvalue weighted by Gasteiger charge is 2.19. The zero-order chi connectivity index (χ0) is 43.7. The number of fused-ring (bicyclic) bond motifs is 3. The van der Waals surface area contributed by atoms with Gasteiger partial charge in [-0.15, -0.1) is 0 Å². The van der Waals surface area contributed by atoms with E-state index in [1.807, 2.05) is 0 Å². The third kappa shape index (κ3) is 7.53. The summed E-state index contributed by atoms with van der Waals surface area (Å²) in [5.41, 5.74) is 19.6. The summed E-state index contributed by atoms with van der Waals surface area (Å²) in [6, 6.07) is 90.0. The van der Waals surface area contributed by atoms with Crippen LogP contribution in [0.1, 0.15) is 11.1 Å². The molecule has 11 rings (SSSR count). The number of hydrogen-bond acceptors (Lipinski definition) is 2. The van der Waals surface area contributed by atoms with Gasteiger partial charge >= 0.3 is 0 Å². The fourth-order valence-corrected chi connectivity index (χ4v) is 9.44. The van der Waals surface area contributed by atoms with Crippen LogP contribution in [0.5, 0.6) is 0 Å². The molecule has 0 amide bonds. The highest BCUT2D eigenvalue weighted by atomic mass is 15.1. The summed E-state index contributed by atoms with van der Waals surface area (Å²) in [7, 11) is 0. The third-order valence-corrected chi connectivity index (χ3v) is 12.6. The van der Waals surface area contributed by atoms with E-state index in [0.29, 0.717) is 0 Å². The molecule has 0 aliphatic heterocycles. The molecule has 0 aliphatic rings. The van der Waals surface area contributed by atoms with E-state index in [9.17, 15) is 0 Å². The standard InChI is InChI=1S/C62H47N3/c1-44-32-35-55(63(50-20-8-3-9-21-50)51-22-10-4-11-23-51)42-58(44)48-38-47(46-34-37-62-60(41-46)57-30-18-19-31-61(57)65(62)54-28-16-7-17-29-54)39-49(40-48)59-43-56(36-33-45(59)2)64(52-24-12-5-13-25-52)53-26-14-6-15-27-53/h3-43H,1-2H3. The van der Waals surface area contributed by atoms with Crippen molar-refractivity contribution >= 4 is 55.9 Å². The summed E-state index contributed by atoms with van der Waals surface area (Å²) < 4.78 is 2.39. The lowest BCUT2D eigenvalue weighted by atomic mass is 9.89. The minimum Gasteiger partial charge on any atom is -0.310 e. The van der Waals surface area contributed by atoms with Gasteiger partial charge in [0, 0.05) is 50.6 Å². The van der Waals surface area contributed by atoms with Gasteiger partial charge in [0.25, 0.3) is 0 Å². The highest BCUT2D eigenvalue weighted by Crippen LogP contribution is 2.43. The quantitative estimate of drug-likeness (QED) is 0.136. The van der Waals surface area contributed by atoms with Gasteiger partial charge in [-0.2, -0.15) is 0 Å². The highest BCUT2D eigenvalue weighted by molar-refractivity contribution is 6.10. The Bertz CT molecular complexity index is 3200. The molecule has 1 aromatic heterocycles. The van der Waals surface area contributed by atoms with Crippen LogP contribution in [0.15, 0.2) is 249 Å². The second kappa shape index (κ2) is 17.0. The number of benzene rings is 10. The van der Waals surface area contributed by atoms with Crippen molar-refractivity contribution in [2.75, 3.05) is 9.80 Å². The maximum atomic E-state index is 2.40. The first kappa shape index (κ1) is 39.4. The molecule has 0 spiro atoms. The summed E-state index contributed by atoms with van der Waals surface area (Å²) in [6.07, 6.45) is 0. The van der Waals surface area contributed by atoms with Gasteiger partial charge in [-0.3, -0.25) is 0 Å². The molecule has 65 heavy (non-hydrogen) atoms. The first-order valence-corrected chi connectivity index (χ1v) is 22.3. The molecule has 10 aromatic carbocycles. The average molecular weight is 834 g/mol. The molecule has 0 unspecified atom stereocenters. The van der Waals surface area contributed by atoms with Crippen molar-refractivity contribution < 1.29 is 0 Å². The van der Waals surface area contributed by atoms with E-state index >= 15 is 0 Å². The minimum absolute atomic E-state index is 1.10. The predicted molar refractivity (Wildman–Crippen MR) is 276 cm³/mol. The number of aromatic nitrogens is 1. The van der Waals surface area contributed by atoms with Crippen molar-refractivity contribution in [1.82, 2.24) is 4.57 Å². The molecule has 0 aliphatic carbocycles. The zero-order valence-electron chi connectivity index (χ0n) is 36.5. The van der Waals surface area contributed by atoms with Crippen molar-refractivity contribution in [1.29, 1.82) is 0 Å². The van der Waals surface area contributed by atoms with Crippen molar-refractivity contribution in [3.63, 3.8) is 0 Å². The lowest BCUT2D eigenvalue weighted by molar-refractivity contribution is 1.18. The largest absolute Gasteiger partial charge is 0.310 e. The fourth-order valence-electron chi connectivity index (χ4n) is 9.44. The molecule has 0 N–H and O–H groups in total. The summed E-state index contributed by atoms with van der Waals surface area (Å²) in [5, 5.41) is 2.47. The summed E-state index contributed by atoms with van der Waals surface area (Å²) in [5.74, 6) is 0. The molecule has 3 heteroatoms. The van der Waals surface area contributed by atoms with Crippen LogP contribution in [0.3, 0.4) is 0 Å². The summed E-state index contributed by atoms with van der Waals surface area (Å²) in [6.45, 7) is 4.46. The van der Waals surface area contributed by atoms with E-state index < -0.39 is 0 Å². The van der Waals surface area contributed by atoms with E-state index in [2.05, 4.69) is 277 Å². The van der Waals surface area contributed by atoms with E-state index in [0.717, 1.165) is 56.5 Å². The predicted octanol–water partition coefficient (Wildman–Crippen LogP) is 17.3. The smallest absolute Gasteiger partial charge is 0.0541 e. The van der Waals surface area contributed by atoms with Crippen molar-refractivity contribution in [3.8, 4) is 39.1 Å². The molecule has 1 heterocycles. The zero-order valence-corrected chi connectivity index (χ0v) is 36.5. The second-order valence-corrected chi connectivity index (χ2v) is 16.7. The van der Waals surface area contributed by atoms with Crippen molar-refractivity contribution in [2.24, 2.45) is 0 Å². The van der Waals surface area contributed by atoms with Crippen LogP contribution >= 0.6 is 0 Å². The Kier molecular flexibility index (Phi) is 10.3. The molecule has 3 nitrogen and oxygen atoms in total. The Morgan fingerprint density at radius 2 is 0.677 bits per heavy atom. The van der Waals surface area contributed by atoms with Crippen LogP contribution in [0.2, 0.25) is 0 Å². The number of hydrogen-bond donors (Lipinski definition) is 0. The Hall–Kier alpha value is -8.40. The van der Waals surface area contributed by atoms with Crippen LogP contribution in [0.25, 0.3) is 60.9 Å². The Labute approximate surface area is 381 Å². The van der Waals surface area contributed by atoms with Gasteiger partial charge in [0.2, 0.25) is 0 Å². The molecule has 0 radical (unpaired) electrons. The molecular formula is C62H47N3. The van der Waals surface area contributed by atoms with Crippen LogP contribution in [-0.2, 0) is 0 Å². The SMILES string of the molecule is Cc1ccc(N(c2ccccc2)c2ccccc2)cc1-c1cc(-c2ccc3c(c2)c2ccccc2n3-c2ccccc2)cc(-c2cc(N(c3ccccc3)c3ccccc3)ccc2C)c1. The minimum atomic E-state index is 1.10. The van der Waals surface area contributed by atoms with Gasteiger partial charge in [-0.05, 0) is 180 Å². The van der Waals surface area contributed by atoms with E-state index in [4.69, 9.17) is 0 Å². The van der Waals surface area contributed by atoms with Crippen LogP contribution in [0.4, 0.5) is 34.1 Å². The molecule has 0 fully saturated rings. The van der Waals surface area contributed by atoms with Gasteiger partial charge in [0.05, 0.1) is 11.0 Å². The molecule has 0 saturated carbocycles. The molecular weight excluding hydrogens is 787 g/mol. The number of para-hydroxylation sites is 6. The summed E-state index contributed by atoms with van der Waals surface area (Å²) in [4.78, 5) is 4.69. The lowest BCUT2D eigenvalue weighted by Crippen LogP contribution is -2.10. The van der Waals surface area contributed by atoms with Crippen molar-refractivity contribution in [2.45, 2.75) is 13.8 Å². The van der Waals surface area contributed by atoms with Crippen LogP contribution in [-0.4, -0.2) is 4.57 Å². The van der Waals surface area contributed by atoms with Crippen molar-refractivity contribution in [3.05, 3.63) is 260 Å². The third-order valence-electron chi connectivity index (χ3n) is 12.6. The van der Waals surface area contributed by atoms with Gasteiger partial charge in [0.1, 0.15) is 0 Å². The van der Waals surface area contributed by atoms with E-state index in [1.54, 1.807) is 0 Å². The van der Waals surface area contributed by atoms with E-state index in [1.165, 1.54) is 49.6 Å². The Balaban J connectivity index is 1.13. The van der Waals surface area contributed by atoms with Gasteiger partial charge < -0.3 is 14.4 Å². The van der Waals surface area contributed by atoms with E-state index in [-0.39, 0.29) is 0 Å². The first-order chi connectivity index (χ1) is 32.1. The van der Waals surface area contributed by atoms with Crippen LogP contribution < -0.4 is 9.80 Å². The number of anilines is 6. The van der Waals surface area contributed by atoms with Gasteiger partial charge in [-0.25, -0.2) is 0 Å². The average Bonchev–Trinajstić information content (AvgIpc) is 3.70. The first-order valence-electron chi connectivity index (χ1n) is 22.3. The van der Waals surface area contributed by atoms with Gasteiger partial charge in [-0.1, -0.05) is 127 Å². The topological polar surface area (TPSA) is 11.4 Å². The fraction of sp³-hybridized carbons (Fsp3) is 0.0323. The Morgan fingerprint density at radius 1 is 0.277 bits per heavy atom. The number of rotatable bonds is 10. The number of nitrogens with zero attached hydrogens (tertiary/aromatic N) is 3. The summed E-state index contributed by atoms with van der Waals surface area (Å²) >= 11 is 0. The van der Waals surface area contributed by atoms with Gasteiger partial charge in [0.15, 0.2) is 0 Å². The number of aryl methyl sites for hydroxylation is 2. The molecule has 0 saturated heterocycles. The van der Waals surface area contributed by atoms with Crippen LogP contribution in [0, 0.1) is 13.8 Å². The Morgan fingerprint density at radius 3 is 1.15 bits per heavy atom. The maximum Gasteiger partial charge on any atom is 0.0541 e. The molecule has 310 valence electrons. The molecule has 0 atom stereocenters. The molecule has 11 aromatic rings.